The second-order valence-corrected chi connectivity index (χ2v) is 13.5. The number of carbonyl (C=O) groups is 1. The molecule has 0 aliphatic heterocycles. The lowest BCUT2D eigenvalue weighted by molar-refractivity contribution is 0.0940. The number of amides is 1. The predicted octanol–water partition coefficient (Wildman–Crippen LogP) is 6.17. The fourth-order valence-corrected chi connectivity index (χ4v) is 7.62. The number of halogens is 2. The number of methoxy groups -OCH3 is 2. The second kappa shape index (κ2) is 12.1. The smallest absolute Gasteiger partial charge is 0.251 e. The third kappa shape index (κ3) is 6.36. The van der Waals surface area contributed by atoms with Crippen molar-refractivity contribution in [3.8, 4) is 11.5 Å². The minimum Gasteiger partial charge on any atom is -0.497 e. The van der Waals surface area contributed by atoms with Gasteiger partial charge in [-0.3, -0.25) is 4.79 Å². The third-order valence-electron chi connectivity index (χ3n) is 6.32. The normalized spacial score (nSPS) is 12.4. The van der Waals surface area contributed by atoms with Gasteiger partial charge in [0.05, 0.1) is 49.9 Å². The molecule has 0 heterocycles. The topological polar surface area (TPSA) is 116 Å². The highest BCUT2D eigenvalue weighted by Gasteiger charge is 2.30. The standard InChI is InChI=1S/C29H25Cl2NO7S2/c1-18(32-29(33)20-6-14-25(30)26(31)16-20)19-4-10-23(11-5-19)40(34,35)27-15-9-22(39-3)17-28(27)41(36,37)24-12-7-21(38-2)8-13-24/h4-18H,1-3H3,(H,32,33)/t18-/m0/s1. The number of ether oxygens (including phenoxy) is 2. The predicted molar refractivity (Wildman–Crippen MR) is 156 cm³/mol. The van der Waals surface area contributed by atoms with Gasteiger partial charge in [0.15, 0.2) is 0 Å². The summed E-state index contributed by atoms with van der Waals surface area (Å²) < 4.78 is 64.9. The molecule has 0 radical (unpaired) electrons. The molecule has 0 bridgehead atoms. The van der Waals surface area contributed by atoms with E-state index in [2.05, 4.69) is 5.32 Å². The summed E-state index contributed by atoms with van der Waals surface area (Å²) in [6, 6.07) is 19.2. The van der Waals surface area contributed by atoms with Crippen molar-refractivity contribution < 1.29 is 31.1 Å². The zero-order valence-corrected chi connectivity index (χ0v) is 25.2. The van der Waals surface area contributed by atoms with Crippen LogP contribution in [0.25, 0.3) is 0 Å². The van der Waals surface area contributed by atoms with Gasteiger partial charge >= 0.3 is 0 Å². The SMILES string of the molecule is COc1ccc(S(=O)(=O)c2cc(OC)ccc2S(=O)(=O)c2ccc([C@H](C)NC(=O)c3ccc(Cl)c(Cl)c3)cc2)cc1. The first-order valence-electron chi connectivity index (χ1n) is 12.1. The Balaban J connectivity index is 1.65. The van der Waals surface area contributed by atoms with E-state index in [9.17, 15) is 21.6 Å². The second-order valence-electron chi connectivity index (χ2n) is 8.89. The van der Waals surface area contributed by atoms with Gasteiger partial charge in [-0.15, -0.1) is 0 Å². The van der Waals surface area contributed by atoms with Crippen molar-refractivity contribution in [3.05, 3.63) is 106 Å². The summed E-state index contributed by atoms with van der Waals surface area (Å²) in [7, 11) is -5.75. The summed E-state index contributed by atoms with van der Waals surface area (Å²) in [6.45, 7) is 1.74. The average molecular weight is 635 g/mol. The van der Waals surface area contributed by atoms with Crippen molar-refractivity contribution in [2.24, 2.45) is 0 Å². The number of benzene rings is 4. The van der Waals surface area contributed by atoms with E-state index in [-0.39, 0.29) is 26.5 Å². The Morgan fingerprint density at radius 2 is 1.22 bits per heavy atom. The number of rotatable bonds is 9. The van der Waals surface area contributed by atoms with Crippen LogP contribution in [0.2, 0.25) is 10.0 Å². The van der Waals surface area contributed by atoms with E-state index < -0.39 is 35.5 Å². The number of hydrogen-bond acceptors (Lipinski definition) is 7. The molecule has 0 aromatic heterocycles. The first-order chi connectivity index (χ1) is 19.4. The van der Waals surface area contributed by atoms with Gasteiger partial charge in [0, 0.05) is 11.6 Å². The Kier molecular flexibility index (Phi) is 8.98. The highest BCUT2D eigenvalue weighted by Crippen LogP contribution is 2.34. The molecule has 0 unspecified atom stereocenters. The van der Waals surface area contributed by atoms with E-state index in [4.69, 9.17) is 32.7 Å². The number of hydrogen-bond donors (Lipinski definition) is 1. The summed E-state index contributed by atoms with van der Waals surface area (Å²) in [6.07, 6.45) is 0. The lowest BCUT2D eigenvalue weighted by atomic mass is 10.1. The van der Waals surface area contributed by atoms with Crippen molar-refractivity contribution >= 4 is 48.8 Å². The van der Waals surface area contributed by atoms with Gasteiger partial charge < -0.3 is 14.8 Å². The molecular formula is C29H25Cl2NO7S2. The fraction of sp³-hybridized carbons (Fsp3) is 0.138. The Morgan fingerprint density at radius 3 is 1.78 bits per heavy atom. The molecule has 41 heavy (non-hydrogen) atoms. The van der Waals surface area contributed by atoms with Crippen LogP contribution in [0.4, 0.5) is 0 Å². The summed E-state index contributed by atoms with van der Waals surface area (Å²) >= 11 is 11.9. The molecule has 214 valence electrons. The van der Waals surface area contributed by atoms with Gasteiger partial charge in [-0.05, 0) is 79.2 Å². The van der Waals surface area contributed by atoms with E-state index in [0.717, 1.165) is 0 Å². The van der Waals surface area contributed by atoms with E-state index in [1.165, 1.54) is 80.9 Å². The number of sulfone groups is 2. The van der Waals surface area contributed by atoms with Crippen LogP contribution in [0, 0.1) is 0 Å². The van der Waals surface area contributed by atoms with Crippen molar-refractivity contribution in [1.82, 2.24) is 5.32 Å². The maximum Gasteiger partial charge on any atom is 0.251 e. The van der Waals surface area contributed by atoms with Crippen LogP contribution in [0.15, 0.2) is 105 Å². The average Bonchev–Trinajstić information content (AvgIpc) is 2.98. The van der Waals surface area contributed by atoms with Crippen LogP contribution in [0.5, 0.6) is 11.5 Å². The first kappa shape index (κ1) is 30.4. The molecule has 4 aromatic carbocycles. The van der Waals surface area contributed by atoms with E-state index in [1.807, 2.05) is 0 Å². The summed E-state index contributed by atoms with van der Waals surface area (Å²) in [5.41, 5.74) is 0.939. The Morgan fingerprint density at radius 1 is 0.683 bits per heavy atom. The van der Waals surface area contributed by atoms with Crippen molar-refractivity contribution in [3.63, 3.8) is 0 Å². The molecule has 4 rings (SSSR count). The van der Waals surface area contributed by atoms with Crippen LogP contribution in [0.3, 0.4) is 0 Å². The van der Waals surface area contributed by atoms with Crippen LogP contribution >= 0.6 is 23.2 Å². The van der Waals surface area contributed by atoms with Gasteiger partial charge in [-0.25, -0.2) is 16.8 Å². The highest BCUT2D eigenvalue weighted by atomic mass is 35.5. The Bertz CT molecular complexity index is 1810. The molecule has 4 aromatic rings. The molecule has 0 spiro atoms. The molecule has 0 saturated heterocycles. The number of nitrogens with one attached hydrogen (secondary N) is 1. The molecule has 1 amide bonds. The molecular weight excluding hydrogens is 609 g/mol. The zero-order valence-electron chi connectivity index (χ0n) is 22.1. The van der Waals surface area contributed by atoms with Crippen LogP contribution < -0.4 is 14.8 Å². The first-order valence-corrected chi connectivity index (χ1v) is 15.8. The Labute approximate surface area is 248 Å². The van der Waals surface area contributed by atoms with E-state index in [0.29, 0.717) is 21.9 Å². The van der Waals surface area contributed by atoms with Gasteiger partial charge in [-0.1, -0.05) is 35.3 Å². The van der Waals surface area contributed by atoms with Crippen LogP contribution in [-0.4, -0.2) is 37.0 Å². The summed E-state index contributed by atoms with van der Waals surface area (Å²) in [5, 5.41) is 3.39. The van der Waals surface area contributed by atoms with Crippen molar-refractivity contribution in [2.45, 2.75) is 32.5 Å². The van der Waals surface area contributed by atoms with Gasteiger partial charge in [0.2, 0.25) is 19.7 Å². The summed E-state index contributed by atoms with van der Waals surface area (Å²) in [5.74, 6) is 0.238. The Hall–Kier alpha value is -3.57. The van der Waals surface area contributed by atoms with Gasteiger partial charge in [0.25, 0.3) is 5.91 Å². The van der Waals surface area contributed by atoms with Crippen molar-refractivity contribution in [2.75, 3.05) is 14.2 Å². The van der Waals surface area contributed by atoms with Crippen molar-refractivity contribution in [1.29, 1.82) is 0 Å². The molecule has 8 nitrogen and oxygen atoms in total. The van der Waals surface area contributed by atoms with Crippen LogP contribution in [-0.2, 0) is 19.7 Å². The lowest BCUT2D eigenvalue weighted by Crippen LogP contribution is -2.26. The minimum atomic E-state index is -4.29. The largest absolute Gasteiger partial charge is 0.497 e. The van der Waals surface area contributed by atoms with Crippen LogP contribution in [0.1, 0.15) is 28.9 Å². The lowest BCUT2D eigenvalue weighted by Gasteiger charge is -2.16. The van der Waals surface area contributed by atoms with E-state index in [1.54, 1.807) is 25.1 Å². The van der Waals surface area contributed by atoms with E-state index >= 15 is 0 Å². The summed E-state index contributed by atoms with van der Waals surface area (Å²) in [4.78, 5) is 11.6. The minimum absolute atomic E-state index is 0.107. The quantitative estimate of drug-likeness (QED) is 0.234. The van der Waals surface area contributed by atoms with Gasteiger partial charge in [0.1, 0.15) is 11.5 Å². The van der Waals surface area contributed by atoms with Gasteiger partial charge in [-0.2, -0.15) is 0 Å². The maximum absolute atomic E-state index is 13.7. The maximum atomic E-state index is 13.7. The highest BCUT2D eigenvalue weighted by molar-refractivity contribution is 7.94. The molecule has 12 heteroatoms. The monoisotopic (exact) mass is 633 g/mol. The number of carbonyl (C=O) groups excluding carboxylic acids is 1. The molecule has 0 aliphatic carbocycles. The third-order valence-corrected chi connectivity index (χ3v) is 10.8. The molecule has 0 fully saturated rings. The molecule has 1 atom stereocenters. The zero-order chi connectivity index (χ0) is 29.9. The molecule has 0 saturated carbocycles. The molecule has 1 N–H and O–H groups in total. The molecule has 0 aliphatic rings. The fourth-order valence-electron chi connectivity index (χ4n) is 3.99.